The van der Waals surface area contributed by atoms with Crippen LogP contribution in [-0.4, -0.2) is 30.1 Å². The van der Waals surface area contributed by atoms with Crippen LogP contribution in [0.4, 0.5) is 0 Å². The van der Waals surface area contributed by atoms with Gasteiger partial charge in [0.05, 0.1) is 6.21 Å². The van der Waals surface area contributed by atoms with Crippen molar-refractivity contribution in [3.8, 4) is 0 Å². The lowest BCUT2D eigenvalue weighted by atomic mass is 10.1. The Kier molecular flexibility index (Phi) is 3.19. The van der Waals surface area contributed by atoms with Gasteiger partial charge in [-0.3, -0.25) is 4.79 Å². The van der Waals surface area contributed by atoms with Crippen molar-refractivity contribution in [1.82, 2.24) is 4.90 Å². The second-order valence-corrected chi connectivity index (χ2v) is 3.90. The Bertz CT molecular complexity index is 391. The molecule has 4 heteroatoms. The van der Waals surface area contributed by atoms with E-state index in [-0.39, 0.29) is 5.91 Å². The molecule has 0 aliphatic carbocycles. The molecule has 0 aromatic heterocycles. The van der Waals surface area contributed by atoms with Gasteiger partial charge < -0.3 is 10.7 Å². The molecule has 1 heterocycles. The Balaban J connectivity index is 2.11. The number of benzene rings is 1. The monoisotopic (exact) mass is 217 g/mol. The van der Waals surface area contributed by atoms with Crippen molar-refractivity contribution in [3.05, 3.63) is 35.4 Å². The van der Waals surface area contributed by atoms with Gasteiger partial charge >= 0.3 is 0 Å². The smallest absolute Gasteiger partial charge is 0.253 e. The number of rotatable bonds is 2. The van der Waals surface area contributed by atoms with Crippen molar-refractivity contribution in [3.63, 3.8) is 0 Å². The minimum absolute atomic E-state index is 0.119. The third-order valence-corrected chi connectivity index (χ3v) is 2.77. The molecule has 0 saturated carbocycles. The first-order valence-electron chi connectivity index (χ1n) is 5.44. The Morgan fingerprint density at radius 1 is 1.25 bits per heavy atom. The van der Waals surface area contributed by atoms with Gasteiger partial charge in [-0.1, -0.05) is 12.1 Å². The molecule has 4 nitrogen and oxygen atoms in total. The van der Waals surface area contributed by atoms with E-state index in [9.17, 15) is 4.79 Å². The highest BCUT2D eigenvalue weighted by molar-refractivity contribution is 5.95. The minimum Gasteiger partial charge on any atom is -0.339 e. The Hall–Kier alpha value is -1.84. The first-order valence-corrected chi connectivity index (χ1v) is 5.44. The van der Waals surface area contributed by atoms with Crippen molar-refractivity contribution in [2.75, 3.05) is 13.1 Å². The van der Waals surface area contributed by atoms with E-state index >= 15 is 0 Å². The molecule has 0 spiro atoms. The molecule has 1 fully saturated rings. The van der Waals surface area contributed by atoms with Crippen molar-refractivity contribution in [1.29, 1.82) is 0 Å². The molecule has 1 aliphatic rings. The molecule has 0 atom stereocenters. The van der Waals surface area contributed by atoms with Gasteiger partial charge in [-0.25, -0.2) is 0 Å². The summed E-state index contributed by atoms with van der Waals surface area (Å²) in [6.45, 7) is 1.76. The summed E-state index contributed by atoms with van der Waals surface area (Å²) in [5.74, 6) is 5.17. The summed E-state index contributed by atoms with van der Waals surface area (Å²) in [4.78, 5) is 13.9. The van der Waals surface area contributed by atoms with Gasteiger partial charge in [-0.05, 0) is 30.5 Å². The fourth-order valence-corrected chi connectivity index (χ4v) is 1.90. The molecule has 1 aromatic carbocycles. The molecule has 2 rings (SSSR count). The summed E-state index contributed by atoms with van der Waals surface area (Å²) in [6, 6.07) is 7.33. The predicted octanol–water partition coefficient (Wildman–Crippen LogP) is 1.22. The van der Waals surface area contributed by atoms with Crippen LogP contribution >= 0.6 is 0 Å². The third kappa shape index (κ3) is 2.21. The summed E-state index contributed by atoms with van der Waals surface area (Å²) in [5, 5.41) is 3.44. The van der Waals surface area contributed by atoms with E-state index in [4.69, 9.17) is 5.84 Å². The van der Waals surface area contributed by atoms with Crippen molar-refractivity contribution in [2.45, 2.75) is 12.8 Å². The van der Waals surface area contributed by atoms with Gasteiger partial charge in [-0.2, -0.15) is 5.10 Å². The number of hydrogen-bond acceptors (Lipinski definition) is 3. The zero-order valence-corrected chi connectivity index (χ0v) is 9.10. The number of hydrogen-bond donors (Lipinski definition) is 1. The molecule has 0 bridgehead atoms. The molecule has 1 saturated heterocycles. The molecular weight excluding hydrogens is 202 g/mol. The molecule has 2 N–H and O–H groups in total. The third-order valence-electron chi connectivity index (χ3n) is 2.77. The molecule has 16 heavy (non-hydrogen) atoms. The number of amides is 1. The van der Waals surface area contributed by atoms with E-state index in [1.165, 1.54) is 0 Å². The zero-order valence-electron chi connectivity index (χ0n) is 9.10. The summed E-state index contributed by atoms with van der Waals surface area (Å²) < 4.78 is 0. The quantitative estimate of drug-likeness (QED) is 0.460. The van der Waals surface area contributed by atoms with Crippen LogP contribution in [0.3, 0.4) is 0 Å². The number of nitrogens with zero attached hydrogens (tertiary/aromatic N) is 2. The van der Waals surface area contributed by atoms with E-state index < -0.39 is 0 Å². The van der Waals surface area contributed by atoms with Crippen molar-refractivity contribution >= 4 is 12.1 Å². The summed E-state index contributed by atoms with van der Waals surface area (Å²) in [6.07, 6.45) is 3.79. The maximum absolute atomic E-state index is 12.0. The largest absolute Gasteiger partial charge is 0.339 e. The lowest BCUT2D eigenvalue weighted by Gasteiger charge is -2.14. The van der Waals surface area contributed by atoms with Crippen LogP contribution in [-0.2, 0) is 0 Å². The SMILES string of the molecule is NN=Cc1ccc(C(=O)N2CCCC2)cc1. The number of carbonyl (C=O) groups excluding carboxylic acids is 1. The highest BCUT2D eigenvalue weighted by Gasteiger charge is 2.18. The van der Waals surface area contributed by atoms with Gasteiger partial charge in [0.15, 0.2) is 0 Å². The van der Waals surface area contributed by atoms with Gasteiger partial charge in [0.2, 0.25) is 0 Å². The van der Waals surface area contributed by atoms with Crippen LogP contribution in [0.1, 0.15) is 28.8 Å². The maximum atomic E-state index is 12.0. The molecule has 0 radical (unpaired) electrons. The second kappa shape index (κ2) is 4.79. The molecule has 84 valence electrons. The lowest BCUT2D eigenvalue weighted by Crippen LogP contribution is -2.27. The van der Waals surface area contributed by atoms with Crippen molar-refractivity contribution in [2.24, 2.45) is 10.9 Å². The average molecular weight is 217 g/mol. The first-order chi connectivity index (χ1) is 7.81. The Labute approximate surface area is 94.7 Å². The first kappa shape index (κ1) is 10.7. The van der Waals surface area contributed by atoms with Gasteiger partial charge in [-0.15, -0.1) is 0 Å². The van der Waals surface area contributed by atoms with Gasteiger partial charge in [0, 0.05) is 18.7 Å². The average Bonchev–Trinajstić information content (AvgIpc) is 2.83. The van der Waals surface area contributed by atoms with E-state index in [1.807, 2.05) is 29.2 Å². The molecule has 0 unspecified atom stereocenters. The lowest BCUT2D eigenvalue weighted by molar-refractivity contribution is 0.0793. The van der Waals surface area contributed by atoms with E-state index in [0.29, 0.717) is 0 Å². The van der Waals surface area contributed by atoms with E-state index in [0.717, 1.165) is 37.1 Å². The maximum Gasteiger partial charge on any atom is 0.253 e. The standard InChI is InChI=1S/C12H15N3O/c13-14-9-10-3-5-11(6-4-10)12(16)15-7-1-2-8-15/h3-6,9H,1-2,7-8,13H2. The second-order valence-electron chi connectivity index (χ2n) is 3.90. The van der Waals surface area contributed by atoms with Crippen LogP contribution in [0.2, 0.25) is 0 Å². The van der Waals surface area contributed by atoms with Crippen LogP contribution in [0.15, 0.2) is 29.4 Å². The van der Waals surface area contributed by atoms with E-state index in [2.05, 4.69) is 5.10 Å². The molecular formula is C12H15N3O. The summed E-state index contributed by atoms with van der Waals surface area (Å²) in [5.41, 5.74) is 1.64. The Morgan fingerprint density at radius 3 is 2.44 bits per heavy atom. The van der Waals surface area contributed by atoms with Gasteiger partial charge in [0.25, 0.3) is 5.91 Å². The van der Waals surface area contributed by atoms with E-state index in [1.54, 1.807) is 6.21 Å². The number of likely N-dealkylation sites (tertiary alicyclic amines) is 1. The number of carbonyl (C=O) groups is 1. The molecule has 1 aromatic rings. The number of nitrogens with two attached hydrogens (primary N) is 1. The topological polar surface area (TPSA) is 58.7 Å². The minimum atomic E-state index is 0.119. The highest BCUT2D eigenvalue weighted by atomic mass is 16.2. The summed E-state index contributed by atoms with van der Waals surface area (Å²) in [7, 11) is 0. The predicted molar refractivity (Wildman–Crippen MR) is 63.4 cm³/mol. The summed E-state index contributed by atoms with van der Waals surface area (Å²) >= 11 is 0. The van der Waals surface area contributed by atoms with Crippen LogP contribution in [0, 0.1) is 0 Å². The highest BCUT2D eigenvalue weighted by Crippen LogP contribution is 2.13. The van der Waals surface area contributed by atoms with Crippen LogP contribution < -0.4 is 5.84 Å². The fraction of sp³-hybridized carbons (Fsp3) is 0.333. The molecule has 1 amide bonds. The molecule has 1 aliphatic heterocycles. The van der Waals surface area contributed by atoms with Crippen LogP contribution in [0.5, 0.6) is 0 Å². The Morgan fingerprint density at radius 2 is 1.88 bits per heavy atom. The zero-order chi connectivity index (χ0) is 11.4. The van der Waals surface area contributed by atoms with Crippen LogP contribution in [0.25, 0.3) is 0 Å². The van der Waals surface area contributed by atoms with Crippen molar-refractivity contribution < 1.29 is 4.79 Å². The normalized spacial score (nSPS) is 15.9. The number of hydrazone groups is 1. The van der Waals surface area contributed by atoms with Gasteiger partial charge in [0.1, 0.15) is 0 Å². The fourth-order valence-electron chi connectivity index (χ4n) is 1.90.